The van der Waals surface area contributed by atoms with Gasteiger partial charge in [0, 0.05) is 0 Å². The summed E-state index contributed by atoms with van der Waals surface area (Å²) in [5.74, 6) is 3.25. The fraction of sp³-hybridized carbons (Fsp3) is 1.00. The fourth-order valence-electron chi connectivity index (χ4n) is 1.37. The van der Waals surface area contributed by atoms with Crippen molar-refractivity contribution in [1.82, 2.24) is 0 Å². The summed E-state index contributed by atoms with van der Waals surface area (Å²) in [6, 6.07) is 0. The summed E-state index contributed by atoms with van der Waals surface area (Å²) in [5, 5.41) is 0. The molecule has 0 aliphatic rings. The van der Waals surface area contributed by atoms with E-state index in [1.54, 1.807) is 0 Å². The molecular formula is C11H24S. The molecule has 0 aliphatic carbocycles. The zero-order valence-corrected chi connectivity index (χ0v) is 9.91. The summed E-state index contributed by atoms with van der Waals surface area (Å²) in [4.78, 5) is 0. The molecule has 0 saturated carbocycles. The minimum Gasteiger partial charge on any atom is -0.165 e. The Morgan fingerprint density at radius 2 is 1.75 bits per heavy atom. The zero-order chi connectivity index (χ0) is 9.40. The Morgan fingerprint density at radius 1 is 1.08 bits per heavy atom. The number of thioether (sulfide) groups is 1. The van der Waals surface area contributed by atoms with Crippen molar-refractivity contribution in [3.8, 4) is 0 Å². The highest BCUT2D eigenvalue weighted by Gasteiger charge is 2.07. The van der Waals surface area contributed by atoms with E-state index in [4.69, 9.17) is 0 Å². The van der Waals surface area contributed by atoms with Crippen LogP contribution in [0.1, 0.15) is 46.5 Å². The van der Waals surface area contributed by atoms with Crippen molar-refractivity contribution in [2.24, 2.45) is 11.8 Å². The van der Waals surface area contributed by atoms with E-state index in [0.29, 0.717) is 0 Å². The Morgan fingerprint density at radius 3 is 2.17 bits per heavy atom. The maximum atomic E-state index is 2.37. The predicted octanol–water partition coefficient (Wildman–Crippen LogP) is 4.20. The van der Waals surface area contributed by atoms with Crippen LogP contribution in [0.25, 0.3) is 0 Å². The molecule has 0 aromatic rings. The molecule has 0 amide bonds. The van der Waals surface area contributed by atoms with Gasteiger partial charge in [-0.05, 0) is 30.3 Å². The quantitative estimate of drug-likeness (QED) is 0.577. The van der Waals surface area contributed by atoms with E-state index in [1.165, 1.54) is 31.4 Å². The first-order valence-corrected chi connectivity index (χ1v) is 6.62. The second kappa shape index (κ2) is 7.97. The molecule has 0 spiro atoms. The van der Waals surface area contributed by atoms with Crippen molar-refractivity contribution in [3.05, 3.63) is 0 Å². The lowest BCUT2D eigenvalue weighted by Gasteiger charge is -2.15. The van der Waals surface area contributed by atoms with Crippen LogP contribution < -0.4 is 0 Å². The van der Waals surface area contributed by atoms with E-state index in [1.807, 2.05) is 11.8 Å². The van der Waals surface area contributed by atoms with Crippen LogP contribution in [-0.4, -0.2) is 12.0 Å². The molecule has 0 aliphatic heterocycles. The lowest BCUT2D eigenvalue weighted by molar-refractivity contribution is 0.420. The summed E-state index contributed by atoms with van der Waals surface area (Å²) < 4.78 is 0. The van der Waals surface area contributed by atoms with Gasteiger partial charge in [0.2, 0.25) is 0 Å². The van der Waals surface area contributed by atoms with Crippen LogP contribution in [0.4, 0.5) is 0 Å². The number of hydrogen-bond acceptors (Lipinski definition) is 1. The minimum atomic E-state index is 0.931. The highest BCUT2D eigenvalue weighted by molar-refractivity contribution is 7.98. The maximum Gasteiger partial charge on any atom is -0.00420 e. The summed E-state index contributed by atoms with van der Waals surface area (Å²) in [6.45, 7) is 6.98. The Balaban J connectivity index is 3.43. The SMILES string of the molecule is CCC(C)CCC(CC)CSC. The van der Waals surface area contributed by atoms with Crippen molar-refractivity contribution in [2.45, 2.75) is 46.5 Å². The summed E-state index contributed by atoms with van der Waals surface area (Å²) in [5.41, 5.74) is 0. The highest BCUT2D eigenvalue weighted by Crippen LogP contribution is 2.20. The molecule has 2 atom stereocenters. The molecule has 0 fully saturated rings. The Kier molecular flexibility index (Phi) is 8.20. The Bertz CT molecular complexity index is 91.0. The van der Waals surface area contributed by atoms with Gasteiger partial charge in [-0.1, -0.05) is 40.0 Å². The molecule has 0 aromatic carbocycles. The van der Waals surface area contributed by atoms with Gasteiger partial charge in [0.05, 0.1) is 0 Å². The van der Waals surface area contributed by atoms with E-state index in [-0.39, 0.29) is 0 Å². The van der Waals surface area contributed by atoms with Crippen molar-refractivity contribution in [1.29, 1.82) is 0 Å². The van der Waals surface area contributed by atoms with E-state index in [2.05, 4.69) is 27.0 Å². The van der Waals surface area contributed by atoms with Crippen LogP contribution in [-0.2, 0) is 0 Å². The molecule has 0 rings (SSSR count). The zero-order valence-electron chi connectivity index (χ0n) is 9.10. The second-order valence-electron chi connectivity index (χ2n) is 3.82. The largest absolute Gasteiger partial charge is 0.165 e. The highest BCUT2D eigenvalue weighted by atomic mass is 32.2. The molecule has 12 heavy (non-hydrogen) atoms. The molecule has 74 valence electrons. The molecule has 0 bridgehead atoms. The van der Waals surface area contributed by atoms with Gasteiger partial charge >= 0.3 is 0 Å². The molecule has 0 radical (unpaired) electrons. The summed E-state index contributed by atoms with van der Waals surface area (Å²) in [7, 11) is 0. The van der Waals surface area contributed by atoms with Gasteiger partial charge < -0.3 is 0 Å². The van der Waals surface area contributed by atoms with Crippen molar-refractivity contribution in [2.75, 3.05) is 12.0 Å². The fourth-order valence-corrected chi connectivity index (χ4v) is 2.24. The first kappa shape index (κ1) is 12.3. The van der Waals surface area contributed by atoms with Crippen LogP contribution in [0.3, 0.4) is 0 Å². The average Bonchev–Trinajstić information content (AvgIpc) is 2.11. The smallest absolute Gasteiger partial charge is 0.00420 e. The van der Waals surface area contributed by atoms with Gasteiger partial charge in [-0.15, -0.1) is 0 Å². The van der Waals surface area contributed by atoms with Gasteiger partial charge in [0.1, 0.15) is 0 Å². The number of hydrogen-bond donors (Lipinski definition) is 0. The molecule has 0 heterocycles. The topological polar surface area (TPSA) is 0 Å². The van der Waals surface area contributed by atoms with Crippen molar-refractivity contribution >= 4 is 11.8 Å². The second-order valence-corrected chi connectivity index (χ2v) is 4.73. The molecule has 0 N–H and O–H groups in total. The van der Waals surface area contributed by atoms with Crippen LogP contribution in [0, 0.1) is 11.8 Å². The Hall–Kier alpha value is 0.350. The summed E-state index contributed by atoms with van der Waals surface area (Å²) in [6.07, 6.45) is 7.78. The molecule has 2 unspecified atom stereocenters. The van der Waals surface area contributed by atoms with Gasteiger partial charge in [-0.3, -0.25) is 0 Å². The van der Waals surface area contributed by atoms with Gasteiger partial charge in [0.25, 0.3) is 0 Å². The lowest BCUT2D eigenvalue weighted by Crippen LogP contribution is -2.04. The average molecular weight is 188 g/mol. The monoisotopic (exact) mass is 188 g/mol. The molecule has 1 heteroatoms. The molecular weight excluding hydrogens is 164 g/mol. The first-order valence-electron chi connectivity index (χ1n) is 5.23. The standard InChI is InChI=1S/C11H24S/c1-5-10(3)7-8-11(6-2)9-12-4/h10-11H,5-9H2,1-4H3. The van der Waals surface area contributed by atoms with E-state index >= 15 is 0 Å². The number of rotatable bonds is 7. The predicted molar refractivity (Wildman–Crippen MR) is 60.9 cm³/mol. The van der Waals surface area contributed by atoms with Crippen LogP contribution in [0.15, 0.2) is 0 Å². The van der Waals surface area contributed by atoms with Crippen molar-refractivity contribution < 1.29 is 0 Å². The third-order valence-electron chi connectivity index (χ3n) is 2.74. The first-order chi connectivity index (χ1) is 5.74. The van der Waals surface area contributed by atoms with Gasteiger partial charge in [0.15, 0.2) is 0 Å². The molecule has 0 saturated heterocycles. The molecule has 0 aromatic heterocycles. The van der Waals surface area contributed by atoms with E-state index < -0.39 is 0 Å². The molecule has 0 nitrogen and oxygen atoms in total. The minimum absolute atomic E-state index is 0.931. The maximum absolute atomic E-state index is 2.37. The van der Waals surface area contributed by atoms with E-state index in [0.717, 1.165) is 11.8 Å². The van der Waals surface area contributed by atoms with Gasteiger partial charge in [-0.25, -0.2) is 0 Å². The third kappa shape index (κ3) is 5.93. The third-order valence-corrected chi connectivity index (χ3v) is 3.55. The van der Waals surface area contributed by atoms with E-state index in [9.17, 15) is 0 Å². The van der Waals surface area contributed by atoms with Gasteiger partial charge in [-0.2, -0.15) is 11.8 Å². The summed E-state index contributed by atoms with van der Waals surface area (Å²) >= 11 is 1.99. The van der Waals surface area contributed by atoms with Crippen LogP contribution >= 0.6 is 11.8 Å². The normalized spacial score (nSPS) is 16.0. The Labute approximate surface area is 82.5 Å². The lowest BCUT2D eigenvalue weighted by atomic mass is 9.95. The van der Waals surface area contributed by atoms with Crippen LogP contribution in [0.2, 0.25) is 0 Å². The van der Waals surface area contributed by atoms with Crippen molar-refractivity contribution in [3.63, 3.8) is 0 Å². The van der Waals surface area contributed by atoms with Crippen LogP contribution in [0.5, 0.6) is 0 Å².